The van der Waals surface area contributed by atoms with Crippen LogP contribution in [0.1, 0.15) is 70.6 Å². The summed E-state index contributed by atoms with van der Waals surface area (Å²) in [5.74, 6) is -0.631. The third-order valence-corrected chi connectivity index (χ3v) is 3.45. The van der Waals surface area contributed by atoms with Gasteiger partial charge in [0, 0.05) is 14.2 Å². The lowest BCUT2D eigenvalue weighted by Gasteiger charge is -2.16. The number of carboxylic acid groups (broad SMARTS) is 1. The van der Waals surface area contributed by atoms with Crippen LogP contribution in [0, 0.1) is 5.92 Å². The number of carbonyl (C=O) groups is 1. The van der Waals surface area contributed by atoms with E-state index in [0.717, 1.165) is 39.9 Å². The van der Waals surface area contributed by atoms with Gasteiger partial charge in [-0.15, -0.1) is 0 Å². The molecule has 2 rings (SSSR count). The molecule has 0 aromatic carbocycles. The maximum absolute atomic E-state index is 10.4. The van der Waals surface area contributed by atoms with E-state index in [4.69, 9.17) is 15.3 Å². The molecule has 0 atom stereocenters. The monoisotopic (exact) mass is 276 g/mol. The molecule has 4 heteroatoms. The molecule has 0 aliphatic heterocycles. The van der Waals surface area contributed by atoms with E-state index in [2.05, 4.69) is 0 Å². The number of carboxylic acids is 1. The van der Waals surface area contributed by atoms with E-state index in [9.17, 15) is 4.79 Å². The Kier molecular flexibility index (Phi) is 18.9. The van der Waals surface area contributed by atoms with Crippen molar-refractivity contribution < 1.29 is 20.1 Å². The first-order valence-electron chi connectivity index (χ1n) is 7.43. The molecule has 4 nitrogen and oxygen atoms in total. The van der Waals surface area contributed by atoms with Gasteiger partial charge in [-0.3, -0.25) is 4.79 Å². The van der Waals surface area contributed by atoms with Gasteiger partial charge in [-0.05, 0) is 12.8 Å². The fourth-order valence-corrected chi connectivity index (χ4v) is 2.41. The molecule has 19 heavy (non-hydrogen) atoms. The molecule has 2 fully saturated rings. The summed E-state index contributed by atoms with van der Waals surface area (Å²) in [6.45, 7) is 0. The molecule has 0 radical (unpaired) electrons. The Hall–Kier alpha value is -0.610. The molecule has 0 spiro atoms. The lowest BCUT2D eigenvalue weighted by molar-refractivity contribution is -0.142. The fraction of sp³-hybridized carbons (Fsp3) is 0.933. The van der Waals surface area contributed by atoms with Crippen LogP contribution >= 0.6 is 0 Å². The van der Waals surface area contributed by atoms with Crippen LogP contribution in [0.15, 0.2) is 0 Å². The molecular weight excluding hydrogens is 244 g/mol. The number of hydrogen-bond acceptors (Lipinski definition) is 3. The van der Waals surface area contributed by atoms with Crippen LogP contribution in [0.25, 0.3) is 0 Å². The number of aliphatic hydroxyl groups excluding tert-OH is 2. The third-order valence-electron chi connectivity index (χ3n) is 3.45. The first-order valence-corrected chi connectivity index (χ1v) is 7.43. The Balaban J connectivity index is 0. The van der Waals surface area contributed by atoms with Crippen LogP contribution in [0.3, 0.4) is 0 Å². The van der Waals surface area contributed by atoms with Crippen molar-refractivity contribution in [2.75, 3.05) is 14.2 Å². The van der Waals surface area contributed by atoms with E-state index in [1.54, 1.807) is 0 Å². The van der Waals surface area contributed by atoms with Gasteiger partial charge in [-0.2, -0.15) is 0 Å². The van der Waals surface area contributed by atoms with Gasteiger partial charge in [-0.25, -0.2) is 0 Å². The highest BCUT2D eigenvalue weighted by molar-refractivity contribution is 5.69. The van der Waals surface area contributed by atoms with Crippen molar-refractivity contribution >= 4 is 5.97 Å². The predicted octanol–water partition coefficient (Wildman–Crippen LogP) is 3.21. The number of hydrogen-bond donors (Lipinski definition) is 3. The van der Waals surface area contributed by atoms with Crippen LogP contribution in [0.4, 0.5) is 0 Å². The van der Waals surface area contributed by atoms with Crippen LogP contribution in [-0.4, -0.2) is 35.5 Å². The summed E-state index contributed by atoms with van der Waals surface area (Å²) in [5, 5.41) is 22.5. The topological polar surface area (TPSA) is 77.8 Å². The van der Waals surface area contributed by atoms with Crippen LogP contribution in [-0.2, 0) is 4.79 Å². The summed E-state index contributed by atoms with van der Waals surface area (Å²) in [7, 11) is 2.00. The summed E-state index contributed by atoms with van der Waals surface area (Å²) in [6.07, 6.45) is 14.2. The second-order valence-corrected chi connectivity index (χ2v) is 4.79. The largest absolute Gasteiger partial charge is 0.481 e. The van der Waals surface area contributed by atoms with Crippen LogP contribution < -0.4 is 0 Å². The standard InChI is InChI=1S/C7H12O2.C6H12.2CH4O/c8-7(9)6-4-2-1-3-5-6;1-2-4-6-5-3-1;2*1-2/h6H,1-5H2,(H,8,9);1-6H2;2*2H,1H3. The summed E-state index contributed by atoms with van der Waals surface area (Å²) in [4.78, 5) is 10.4. The zero-order valence-corrected chi connectivity index (χ0v) is 12.6. The minimum atomic E-state index is -0.602. The van der Waals surface area contributed by atoms with Crippen molar-refractivity contribution in [3.8, 4) is 0 Å². The minimum absolute atomic E-state index is 0.0289. The molecule has 116 valence electrons. The molecule has 3 N–H and O–H groups in total. The van der Waals surface area contributed by atoms with Crippen molar-refractivity contribution in [1.29, 1.82) is 0 Å². The smallest absolute Gasteiger partial charge is 0.306 e. The van der Waals surface area contributed by atoms with Crippen molar-refractivity contribution in [2.45, 2.75) is 70.6 Å². The normalized spacial score (nSPS) is 18.5. The first-order chi connectivity index (χ1) is 9.30. The number of aliphatic carboxylic acids is 1. The summed E-state index contributed by atoms with van der Waals surface area (Å²) >= 11 is 0. The van der Waals surface area contributed by atoms with Gasteiger partial charge in [-0.1, -0.05) is 57.8 Å². The van der Waals surface area contributed by atoms with Crippen LogP contribution in [0.5, 0.6) is 0 Å². The van der Waals surface area contributed by atoms with Gasteiger partial charge in [0.1, 0.15) is 0 Å². The van der Waals surface area contributed by atoms with E-state index < -0.39 is 5.97 Å². The van der Waals surface area contributed by atoms with Crippen molar-refractivity contribution in [1.82, 2.24) is 0 Å². The second kappa shape index (κ2) is 17.4. The summed E-state index contributed by atoms with van der Waals surface area (Å²) in [5.41, 5.74) is 0. The average molecular weight is 276 g/mol. The molecule has 0 saturated heterocycles. The van der Waals surface area contributed by atoms with Gasteiger partial charge in [0.15, 0.2) is 0 Å². The van der Waals surface area contributed by atoms with E-state index in [0.29, 0.717) is 0 Å². The fourth-order valence-electron chi connectivity index (χ4n) is 2.41. The summed E-state index contributed by atoms with van der Waals surface area (Å²) in [6, 6.07) is 0. The molecule has 2 saturated carbocycles. The molecule has 0 heterocycles. The van der Waals surface area contributed by atoms with E-state index in [1.165, 1.54) is 44.9 Å². The molecular formula is C15H32O4. The maximum Gasteiger partial charge on any atom is 0.306 e. The second-order valence-electron chi connectivity index (χ2n) is 4.79. The van der Waals surface area contributed by atoms with E-state index in [1.807, 2.05) is 0 Å². The Morgan fingerprint density at radius 1 is 0.684 bits per heavy atom. The SMILES string of the molecule is C1CCCCC1.CO.CO.O=C(O)C1CCCCC1. The Morgan fingerprint density at radius 2 is 0.947 bits per heavy atom. The maximum atomic E-state index is 10.4. The van der Waals surface area contributed by atoms with Crippen molar-refractivity contribution in [3.63, 3.8) is 0 Å². The zero-order chi connectivity index (χ0) is 14.9. The minimum Gasteiger partial charge on any atom is -0.481 e. The molecule has 0 aromatic heterocycles. The zero-order valence-electron chi connectivity index (χ0n) is 12.6. The number of aliphatic hydroxyl groups is 2. The Bertz CT molecular complexity index is 161. The lowest BCUT2D eigenvalue weighted by atomic mass is 9.90. The van der Waals surface area contributed by atoms with Crippen molar-refractivity contribution in [2.24, 2.45) is 5.92 Å². The highest BCUT2D eigenvalue weighted by Gasteiger charge is 2.19. The van der Waals surface area contributed by atoms with Gasteiger partial charge in [0.25, 0.3) is 0 Å². The predicted molar refractivity (Wildman–Crippen MR) is 78.2 cm³/mol. The Morgan fingerprint density at radius 3 is 1.16 bits per heavy atom. The Labute approximate surface area is 117 Å². The molecule has 0 amide bonds. The van der Waals surface area contributed by atoms with Gasteiger partial charge in [0.2, 0.25) is 0 Å². The molecule has 0 bridgehead atoms. The van der Waals surface area contributed by atoms with E-state index in [-0.39, 0.29) is 5.92 Å². The van der Waals surface area contributed by atoms with Gasteiger partial charge in [0.05, 0.1) is 5.92 Å². The number of rotatable bonds is 1. The quantitative estimate of drug-likeness (QED) is 0.687. The summed E-state index contributed by atoms with van der Waals surface area (Å²) < 4.78 is 0. The highest BCUT2D eigenvalue weighted by Crippen LogP contribution is 2.23. The molecule has 2 aliphatic rings. The first kappa shape index (κ1) is 20.7. The van der Waals surface area contributed by atoms with Crippen LogP contribution in [0.2, 0.25) is 0 Å². The van der Waals surface area contributed by atoms with Gasteiger partial charge < -0.3 is 15.3 Å². The van der Waals surface area contributed by atoms with Crippen molar-refractivity contribution in [3.05, 3.63) is 0 Å². The molecule has 2 aliphatic carbocycles. The van der Waals surface area contributed by atoms with E-state index >= 15 is 0 Å². The average Bonchev–Trinajstić information content (AvgIpc) is 2.54. The molecule has 0 unspecified atom stereocenters. The lowest BCUT2D eigenvalue weighted by Crippen LogP contribution is -2.16. The molecule has 0 aromatic rings. The third kappa shape index (κ3) is 13.6. The van der Waals surface area contributed by atoms with Gasteiger partial charge >= 0.3 is 5.97 Å². The highest BCUT2D eigenvalue weighted by atomic mass is 16.4.